The lowest BCUT2D eigenvalue weighted by Crippen LogP contribution is -2.67. The number of rotatable bonds is 8. The molecule has 2 atom stereocenters. The normalized spacial score (nSPS) is 19.5. The molecular formula is C19H35N3O4. The van der Waals surface area contributed by atoms with Gasteiger partial charge in [-0.15, -0.1) is 0 Å². The molecule has 0 radical (unpaired) electrons. The Labute approximate surface area is 157 Å². The highest BCUT2D eigenvalue weighted by molar-refractivity contribution is 6.10. The Kier molecular flexibility index (Phi) is 8.06. The van der Waals surface area contributed by atoms with Gasteiger partial charge in [-0.1, -0.05) is 19.8 Å². The minimum atomic E-state index is -1.65. The van der Waals surface area contributed by atoms with Gasteiger partial charge >= 0.3 is 5.97 Å². The molecule has 2 N–H and O–H groups in total. The van der Waals surface area contributed by atoms with Gasteiger partial charge in [0.1, 0.15) is 5.60 Å². The van der Waals surface area contributed by atoms with Gasteiger partial charge in [-0.2, -0.15) is 0 Å². The number of nitrogens with zero attached hydrogens (tertiary/aromatic N) is 1. The van der Waals surface area contributed by atoms with Crippen LogP contribution in [0.2, 0.25) is 0 Å². The van der Waals surface area contributed by atoms with Crippen LogP contribution in [0.1, 0.15) is 66.7 Å². The Morgan fingerprint density at radius 2 is 1.88 bits per heavy atom. The number of amides is 2. The van der Waals surface area contributed by atoms with Crippen molar-refractivity contribution in [2.24, 2.45) is 0 Å². The van der Waals surface area contributed by atoms with Crippen LogP contribution in [-0.4, -0.2) is 60.0 Å². The van der Waals surface area contributed by atoms with Crippen molar-refractivity contribution in [1.82, 2.24) is 15.5 Å². The third-order valence-electron chi connectivity index (χ3n) is 4.60. The molecule has 7 nitrogen and oxygen atoms in total. The third-order valence-corrected chi connectivity index (χ3v) is 4.60. The molecule has 0 unspecified atom stereocenters. The van der Waals surface area contributed by atoms with E-state index in [0.717, 1.165) is 19.4 Å². The van der Waals surface area contributed by atoms with Gasteiger partial charge in [0.05, 0.1) is 6.04 Å². The van der Waals surface area contributed by atoms with Gasteiger partial charge in [0.15, 0.2) is 0 Å². The summed E-state index contributed by atoms with van der Waals surface area (Å²) in [5.41, 5.74) is -2.41. The Balaban J connectivity index is 3.31. The van der Waals surface area contributed by atoms with Crippen LogP contribution >= 0.6 is 0 Å². The summed E-state index contributed by atoms with van der Waals surface area (Å²) >= 11 is 0. The predicted octanol–water partition coefficient (Wildman–Crippen LogP) is 1.60. The van der Waals surface area contributed by atoms with E-state index < -0.39 is 23.0 Å². The van der Waals surface area contributed by atoms with Crippen LogP contribution in [0, 0.1) is 0 Å². The number of hydrogen-bond acceptors (Lipinski definition) is 5. The van der Waals surface area contributed by atoms with E-state index in [4.69, 9.17) is 4.74 Å². The molecule has 1 saturated heterocycles. The number of unbranched alkanes of at least 4 members (excludes halogenated alkanes) is 1. The van der Waals surface area contributed by atoms with E-state index in [-0.39, 0.29) is 18.4 Å². The second kappa shape index (κ2) is 9.35. The molecule has 2 amide bonds. The maximum Gasteiger partial charge on any atom is 0.342 e. The molecular weight excluding hydrogens is 334 g/mol. The Morgan fingerprint density at radius 1 is 1.23 bits per heavy atom. The molecule has 150 valence electrons. The molecule has 7 heteroatoms. The molecule has 0 aromatic rings. The van der Waals surface area contributed by atoms with Crippen LogP contribution in [0.5, 0.6) is 0 Å². The SMILES string of the molecule is CCCC[C@](C(=O)NCC)(C(=O)OC(C)(C)C)N(C)C(=O)[C@@H]1CCCN1. The van der Waals surface area contributed by atoms with Crippen LogP contribution in [0.4, 0.5) is 0 Å². The van der Waals surface area contributed by atoms with Crippen LogP contribution in [-0.2, 0) is 19.1 Å². The molecule has 0 aromatic heterocycles. The number of carbonyl (C=O) groups is 3. The lowest BCUT2D eigenvalue weighted by Gasteiger charge is -2.40. The van der Waals surface area contributed by atoms with Gasteiger partial charge in [0, 0.05) is 13.6 Å². The van der Waals surface area contributed by atoms with Crippen molar-refractivity contribution in [2.75, 3.05) is 20.1 Å². The molecule has 0 saturated carbocycles. The second-order valence-corrected chi connectivity index (χ2v) is 7.87. The van der Waals surface area contributed by atoms with Crippen molar-refractivity contribution >= 4 is 17.8 Å². The number of nitrogens with one attached hydrogen (secondary N) is 2. The molecule has 0 bridgehead atoms. The van der Waals surface area contributed by atoms with E-state index >= 15 is 0 Å². The van der Waals surface area contributed by atoms with Crippen molar-refractivity contribution in [3.63, 3.8) is 0 Å². The van der Waals surface area contributed by atoms with Crippen LogP contribution < -0.4 is 10.6 Å². The first-order valence-corrected chi connectivity index (χ1v) is 9.63. The molecule has 1 rings (SSSR count). The van der Waals surface area contributed by atoms with Crippen LogP contribution in [0.15, 0.2) is 0 Å². The highest BCUT2D eigenvalue weighted by Gasteiger charge is 2.54. The molecule has 1 heterocycles. The Bertz CT molecular complexity index is 509. The fourth-order valence-corrected chi connectivity index (χ4v) is 3.18. The molecule has 1 fully saturated rings. The third kappa shape index (κ3) is 5.19. The lowest BCUT2D eigenvalue weighted by atomic mass is 9.88. The quantitative estimate of drug-likeness (QED) is 0.501. The highest BCUT2D eigenvalue weighted by Crippen LogP contribution is 2.28. The lowest BCUT2D eigenvalue weighted by molar-refractivity contribution is -0.177. The minimum absolute atomic E-state index is 0.235. The summed E-state index contributed by atoms with van der Waals surface area (Å²) in [6, 6.07) is -0.363. The predicted molar refractivity (Wildman–Crippen MR) is 101 cm³/mol. The van der Waals surface area contributed by atoms with E-state index in [1.807, 2.05) is 6.92 Å². The van der Waals surface area contributed by atoms with Gasteiger partial charge in [-0.3, -0.25) is 9.59 Å². The summed E-state index contributed by atoms with van der Waals surface area (Å²) in [4.78, 5) is 40.5. The van der Waals surface area contributed by atoms with E-state index in [0.29, 0.717) is 19.4 Å². The van der Waals surface area contributed by atoms with E-state index in [2.05, 4.69) is 10.6 Å². The topological polar surface area (TPSA) is 87.7 Å². The molecule has 1 aliphatic rings. The van der Waals surface area contributed by atoms with Crippen molar-refractivity contribution in [1.29, 1.82) is 0 Å². The minimum Gasteiger partial charge on any atom is -0.458 e. The van der Waals surface area contributed by atoms with Crippen molar-refractivity contribution in [3.05, 3.63) is 0 Å². The number of carbonyl (C=O) groups excluding carboxylic acids is 3. The first kappa shape index (κ1) is 22.4. The fraction of sp³-hybridized carbons (Fsp3) is 0.842. The summed E-state index contributed by atoms with van der Waals surface area (Å²) in [5, 5.41) is 5.88. The Morgan fingerprint density at radius 3 is 2.35 bits per heavy atom. The smallest absolute Gasteiger partial charge is 0.342 e. The van der Waals surface area contributed by atoms with E-state index in [1.165, 1.54) is 11.9 Å². The monoisotopic (exact) mass is 369 g/mol. The number of likely N-dealkylation sites (N-methyl/N-ethyl adjacent to an activating group) is 2. The van der Waals surface area contributed by atoms with Gasteiger partial charge in [-0.25, -0.2) is 4.79 Å². The zero-order valence-corrected chi connectivity index (χ0v) is 17.1. The fourth-order valence-electron chi connectivity index (χ4n) is 3.18. The summed E-state index contributed by atoms with van der Waals surface area (Å²) in [6.45, 7) is 10.2. The number of ether oxygens (including phenoxy) is 1. The van der Waals surface area contributed by atoms with Crippen molar-refractivity contribution in [3.8, 4) is 0 Å². The number of esters is 1. The first-order chi connectivity index (χ1) is 12.1. The average Bonchev–Trinajstić information content (AvgIpc) is 3.07. The van der Waals surface area contributed by atoms with Crippen molar-refractivity contribution < 1.29 is 19.1 Å². The molecule has 0 aromatic carbocycles. The maximum absolute atomic E-state index is 13.2. The van der Waals surface area contributed by atoms with Crippen LogP contribution in [0.3, 0.4) is 0 Å². The standard InChI is InChI=1S/C19H35N3O4/c1-7-9-12-19(16(24)20-8-2,17(25)26-18(3,4)5)22(6)15(23)14-11-10-13-21-14/h14,21H,7-13H2,1-6H3,(H,20,24)/t14-,19-/m0/s1. The van der Waals surface area contributed by atoms with Gasteiger partial charge in [0.25, 0.3) is 5.91 Å². The number of hydrogen-bond donors (Lipinski definition) is 2. The van der Waals surface area contributed by atoms with Gasteiger partial charge in [0.2, 0.25) is 11.4 Å². The zero-order valence-electron chi connectivity index (χ0n) is 17.1. The van der Waals surface area contributed by atoms with Crippen LogP contribution in [0.25, 0.3) is 0 Å². The molecule has 0 spiro atoms. The van der Waals surface area contributed by atoms with Crippen molar-refractivity contribution in [2.45, 2.75) is 83.9 Å². The van der Waals surface area contributed by atoms with E-state index in [1.54, 1.807) is 27.7 Å². The summed E-state index contributed by atoms with van der Waals surface area (Å²) in [7, 11) is 1.54. The molecule has 1 aliphatic heterocycles. The highest BCUT2D eigenvalue weighted by atomic mass is 16.6. The second-order valence-electron chi connectivity index (χ2n) is 7.87. The summed E-state index contributed by atoms with van der Waals surface area (Å²) in [5.74, 6) is -1.38. The zero-order chi connectivity index (χ0) is 20.0. The first-order valence-electron chi connectivity index (χ1n) is 9.63. The molecule has 0 aliphatic carbocycles. The average molecular weight is 370 g/mol. The summed E-state index contributed by atoms with van der Waals surface area (Å²) < 4.78 is 5.59. The van der Waals surface area contributed by atoms with Gasteiger partial charge in [-0.05, 0) is 53.5 Å². The maximum atomic E-state index is 13.2. The largest absolute Gasteiger partial charge is 0.458 e. The Hall–Kier alpha value is -1.63. The summed E-state index contributed by atoms with van der Waals surface area (Å²) in [6.07, 6.45) is 3.27. The molecule has 26 heavy (non-hydrogen) atoms. The van der Waals surface area contributed by atoms with Gasteiger partial charge < -0.3 is 20.3 Å². The van der Waals surface area contributed by atoms with E-state index in [9.17, 15) is 14.4 Å².